The topological polar surface area (TPSA) is 85.7 Å². The van der Waals surface area contributed by atoms with Gasteiger partial charge in [-0.15, -0.1) is 0 Å². The van der Waals surface area contributed by atoms with Gasteiger partial charge < -0.3 is 14.6 Å². The molecule has 0 bridgehead atoms. The molecule has 2 aromatic rings. The largest absolute Gasteiger partial charge is 0.493 e. The maximum Gasteiger partial charge on any atom is 0.337 e. The number of ketones is 1. The summed E-state index contributed by atoms with van der Waals surface area (Å²) < 4.78 is 10.5. The minimum Gasteiger partial charge on any atom is -0.493 e. The van der Waals surface area contributed by atoms with E-state index in [-0.39, 0.29) is 11.3 Å². The molecule has 0 aliphatic heterocycles. The molecule has 0 saturated carbocycles. The molecule has 122 valence electrons. The second kappa shape index (κ2) is 6.16. The van der Waals surface area contributed by atoms with Crippen LogP contribution in [0.2, 0.25) is 0 Å². The summed E-state index contributed by atoms with van der Waals surface area (Å²) in [5.74, 6) is -0.179. The van der Waals surface area contributed by atoms with Gasteiger partial charge in [0.1, 0.15) is 0 Å². The number of Topliss-reactive ketones (excluding diaryl/α,β-unsaturated/α-hetero) is 1. The van der Waals surface area contributed by atoms with Crippen LogP contribution in [0, 0.1) is 0 Å². The Labute approximate surface area is 138 Å². The number of aromatic carboxylic acids is 1. The first-order valence-electron chi connectivity index (χ1n) is 7.22. The molecular weight excluding hydrogens is 310 g/mol. The molecule has 0 radical (unpaired) electrons. The third kappa shape index (κ3) is 2.62. The quantitative estimate of drug-likeness (QED) is 0.870. The van der Waals surface area contributed by atoms with Gasteiger partial charge in [-0.05, 0) is 35.4 Å². The van der Waals surface area contributed by atoms with Crippen molar-refractivity contribution in [2.45, 2.75) is 6.42 Å². The van der Waals surface area contributed by atoms with Crippen molar-refractivity contribution in [3.8, 4) is 11.5 Å². The molecule has 1 N–H and O–H groups in total. The second-order valence-electron chi connectivity index (χ2n) is 5.31. The highest BCUT2D eigenvalue weighted by atomic mass is 16.5. The minimum atomic E-state index is -1.08. The third-order valence-electron chi connectivity index (χ3n) is 3.94. The van der Waals surface area contributed by atoms with Crippen LogP contribution in [0.4, 0.5) is 0 Å². The van der Waals surface area contributed by atoms with Gasteiger partial charge in [-0.1, -0.05) is 0 Å². The Morgan fingerprint density at radius 3 is 2.62 bits per heavy atom. The van der Waals surface area contributed by atoms with Crippen LogP contribution in [0.1, 0.15) is 31.8 Å². The zero-order chi connectivity index (χ0) is 17.3. The van der Waals surface area contributed by atoms with E-state index in [4.69, 9.17) is 9.47 Å². The fraction of sp³-hybridized carbons (Fsp3) is 0.167. The third-order valence-corrected chi connectivity index (χ3v) is 3.94. The Hall–Kier alpha value is -3.15. The number of ether oxygens (including phenoxy) is 2. The van der Waals surface area contributed by atoms with Crippen LogP contribution in [-0.2, 0) is 6.42 Å². The number of benzene rings is 1. The molecule has 1 aromatic carbocycles. The number of nitrogens with zero attached hydrogens (tertiary/aromatic N) is 1. The van der Waals surface area contributed by atoms with Gasteiger partial charge in [0.15, 0.2) is 17.3 Å². The van der Waals surface area contributed by atoms with E-state index >= 15 is 0 Å². The first-order chi connectivity index (χ1) is 11.5. The lowest BCUT2D eigenvalue weighted by Gasteiger charge is -2.08. The van der Waals surface area contributed by atoms with Gasteiger partial charge in [0.05, 0.1) is 19.8 Å². The van der Waals surface area contributed by atoms with E-state index in [1.165, 1.54) is 26.6 Å². The number of carboxylic acid groups (broad SMARTS) is 1. The van der Waals surface area contributed by atoms with E-state index in [9.17, 15) is 14.7 Å². The molecule has 1 aromatic heterocycles. The predicted octanol–water partition coefficient (Wildman–Crippen LogP) is 2.62. The van der Waals surface area contributed by atoms with Crippen LogP contribution in [0.25, 0.3) is 6.08 Å². The van der Waals surface area contributed by atoms with E-state index in [0.717, 1.165) is 5.56 Å². The van der Waals surface area contributed by atoms with Crippen molar-refractivity contribution in [1.82, 2.24) is 4.98 Å². The molecular formula is C18H15NO5. The van der Waals surface area contributed by atoms with Gasteiger partial charge >= 0.3 is 5.97 Å². The predicted molar refractivity (Wildman–Crippen MR) is 86.8 cm³/mol. The number of carboxylic acids is 1. The summed E-state index contributed by atoms with van der Waals surface area (Å²) in [5.41, 5.74) is 2.41. The molecule has 1 heterocycles. The van der Waals surface area contributed by atoms with E-state index in [1.807, 2.05) is 0 Å². The summed E-state index contributed by atoms with van der Waals surface area (Å²) in [4.78, 5) is 27.7. The van der Waals surface area contributed by atoms with Gasteiger partial charge in [-0.25, -0.2) is 4.79 Å². The van der Waals surface area contributed by atoms with Crippen molar-refractivity contribution in [1.29, 1.82) is 0 Å². The number of allylic oxidation sites excluding steroid dienone is 1. The van der Waals surface area contributed by atoms with Crippen LogP contribution in [-0.4, -0.2) is 36.1 Å². The molecule has 6 nitrogen and oxygen atoms in total. The Morgan fingerprint density at radius 1 is 1.25 bits per heavy atom. The molecule has 0 spiro atoms. The molecule has 0 saturated heterocycles. The maximum atomic E-state index is 12.6. The zero-order valence-corrected chi connectivity index (χ0v) is 13.2. The number of hydrogen-bond acceptors (Lipinski definition) is 5. The lowest BCUT2D eigenvalue weighted by molar-refractivity contribution is 0.0696. The molecule has 0 unspecified atom stereocenters. The van der Waals surface area contributed by atoms with E-state index in [1.54, 1.807) is 24.3 Å². The zero-order valence-electron chi connectivity index (χ0n) is 13.2. The highest BCUT2D eigenvalue weighted by molar-refractivity contribution is 6.16. The van der Waals surface area contributed by atoms with Gasteiger partial charge in [0.2, 0.25) is 0 Å². The number of aromatic nitrogens is 1. The lowest BCUT2D eigenvalue weighted by Crippen LogP contribution is -2.02. The van der Waals surface area contributed by atoms with E-state index in [0.29, 0.717) is 34.6 Å². The Morgan fingerprint density at radius 2 is 1.96 bits per heavy atom. The second-order valence-corrected chi connectivity index (χ2v) is 5.31. The Bertz CT molecular complexity index is 870. The summed E-state index contributed by atoms with van der Waals surface area (Å²) in [6.45, 7) is 0. The van der Waals surface area contributed by atoms with Gasteiger partial charge in [0.25, 0.3) is 0 Å². The van der Waals surface area contributed by atoms with Gasteiger partial charge in [0, 0.05) is 30.0 Å². The van der Waals surface area contributed by atoms with Crippen molar-refractivity contribution in [2.24, 2.45) is 0 Å². The average molecular weight is 325 g/mol. The highest BCUT2D eigenvalue weighted by Gasteiger charge is 2.27. The van der Waals surface area contributed by atoms with Crippen LogP contribution in [0.5, 0.6) is 11.5 Å². The summed E-state index contributed by atoms with van der Waals surface area (Å²) in [6.07, 6.45) is 4.78. The van der Waals surface area contributed by atoms with Gasteiger partial charge in [-0.2, -0.15) is 0 Å². The number of rotatable bonds is 4. The van der Waals surface area contributed by atoms with Crippen LogP contribution < -0.4 is 9.47 Å². The summed E-state index contributed by atoms with van der Waals surface area (Å²) in [7, 11) is 3.05. The van der Waals surface area contributed by atoms with Crippen molar-refractivity contribution >= 4 is 17.8 Å². The molecule has 0 fully saturated rings. The molecule has 1 aliphatic carbocycles. The molecule has 0 amide bonds. The number of carbonyl (C=O) groups is 2. The maximum absolute atomic E-state index is 12.6. The van der Waals surface area contributed by atoms with Crippen LogP contribution in [0.3, 0.4) is 0 Å². The smallest absolute Gasteiger partial charge is 0.337 e. The average Bonchev–Trinajstić information content (AvgIpc) is 2.89. The lowest BCUT2D eigenvalue weighted by atomic mass is 10.0. The van der Waals surface area contributed by atoms with Gasteiger partial charge in [-0.3, -0.25) is 9.78 Å². The normalized spacial score (nSPS) is 14.6. The first-order valence-corrected chi connectivity index (χ1v) is 7.22. The first kappa shape index (κ1) is 15.7. The molecule has 1 aliphatic rings. The molecule has 24 heavy (non-hydrogen) atoms. The fourth-order valence-electron chi connectivity index (χ4n) is 2.75. The van der Waals surface area contributed by atoms with Crippen LogP contribution >= 0.6 is 0 Å². The van der Waals surface area contributed by atoms with Crippen molar-refractivity contribution in [3.05, 3.63) is 58.4 Å². The minimum absolute atomic E-state index is 0.0592. The molecule has 6 heteroatoms. The molecule has 3 rings (SSSR count). The monoisotopic (exact) mass is 325 g/mol. The summed E-state index contributed by atoms with van der Waals surface area (Å²) in [5, 5.41) is 9.23. The standard InChI is InChI=1S/C18H15NO5/c1-23-15-7-11-6-12(17(20)13(11)8-16(15)24-2)5-10-3-4-19-9-14(10)18(21)22/h3-5,7-9H,6H2,1-2H3,(H,21,22)/b12-5+. The number of hydrogen-bond donors (Lipinski definition) is 1. The summed E-state index contributed by atoms with van der Waals surface area (Å²) >= 11 is 0. The Kier molecular flexibility index (Phi) is 4.04. The number of fused-ring (bicyclic) bond motifs is 1. The number of pyridine rings is 1. The highest BCUT2D eigenvalue weighted by Crippen LogP contribution is 2.37. The summed E-state index contributed by atoms with van der Waals surface area (Å²) in [6, 6.07) is 5.01. The van der Waals surface area contributed by atoms with Crippen molar-refractivity contribution < 1.29 is 24.2 Å². The van der Waals surface area contributed by atoms with E-state index in [2.05, 4.69) is 4.98 Å². The molecule has 0 atom stereocenters. The van der Waals surface area contributed by atoms with Crippen LogP contribution in [0.15, 0.2) is 36.2 Å². The van der Waals surface area contributed by atoms with E-state index < -0.39 is 5.97 Å². The Balaban J connectivity index is 2.04. The fourth-order valence-corrected chi connectivity index (χ4v) is 2.75. The van der Waals surface area contributed by atoms with Crippen molar-refractivity contribution in [2.75, 3.05) is 14.2 Å². The number of methoxy groups -OCH3 is 2. The van der Waals surface area contributed by atoms with Crippen molar-refractivity contribution in [3.63, 3.8) is 0 Å². The number of carbonyl (C=O) groups excluding carboxylic acids is 1. The SMILES string of the molecule is COc1cc2c(cc1OC)C(=O)/C(=C/c1ccncc1C(=O)O)C2.